The van der Waals surface area contributed by atoms with E-state index in [0.717, 1.165) is 23.0 Å². The quantitative estimate of drug-likeness (QED) is 0.826. The molecule has 0 aromatic carbocycles. The zero-order valence-electron chi connectivity index (χ0n) is 7.63. The van der Waals surface area contributed by atoms with Crippen LogP contribution in [0.5, 0.6) is 0 Å². The van der Waals surface area contributed by atoms with Gasteiger partial charge in [0, 0.05) is 11.0 Å². The van der Waals surface area contributed by atoms with Gasteiger partial charge in [-0.15, -0.1) is 0 Å². The van der Waals surface area contributed by atoms with Crippen molar-refractivity contribution in [1.82, 2.24) is 4.98 Å². The van der Waals surface area contributed by atoms with Gasteiger partial charge in [-0.05, 0) is 31.0 Å². The minimum absolute atomic E-state index is 0.579. The predicted molar refractivity (Wildman–Crippen MR) is 60.8 cm³/mol. The van der Waals surface area contributed by atoms with E-state index in [4.69, 9.17) is 5.73 Å². The van der Waals surface area contributed by atoms with Crippen LogP contribution in [0.2, 0.25) is 0 Å². The van der Waals surface area contributed by atoms with Crippen molar-refractivity contribution >= 4 is 27.8 Å². The highest BCUT2D eigenvalue weighted by Crippen LogP contribution is 2.10. The third kappa shape index (κ3) is 3.19. The molecule has 2 N–H and O–H groups in total. The summed E-state index contributed by atoms with van der Waals surface area (Å²) in [5.41, 5.74) is 7.65. The molecule has 70 valence electrons. The van der Waals surface area contributed by atoms with Crippen molar-refractivity contribution in [3.63, 3.8) is 0 Å². The minimum atomic E-state index is 0.579. The van der Waals surface area contributed by atoms with E-state index in [1.807, 2.05) is 19.1 Å². The number of aryl methyl sites for hydroxylation is 1. The molecule has 0 aliphatic carbocycles. The van der Waals surface area contributed by atoms with Gasteiger partial charge in [-0.3, -0.25) is 0 Å². The Kier molecular flexibility index (Phi) is 3.96. The van der Waals surface area contributed by atoms with E-state index in [0.29, 0.717) is 5.82 Å². The second-order valence-corrected chi connectivity index (χ2v) is 3.58. The maximum absolute atomic E-state index is 5.54. The van der Waals surface area contributed by atoms with Crippen molar-refractivity contribution in [2.24, 2.45) is 0 Å². The second kappa shape index (κ2) is 5.02. The monoisotopic (exact) mass is 240 g/mol. The van der Waals surface area contributed by atoms with Crippen LogP contribution in [-0.2, 0) is 0 Å². The zero-order chi connectivity index (χ0) is 9.68. The normalized spacial score (nSPS) is 10.9. The predicted octanol–water partition coefficient (Wildman–Crippen LogP) is 2.77. The van der Waals surface area contributed by atoms with E-state index >= 15 is 0 Å². The van der Waals surface area contributed by atoms with Crippen LogP contribution in [0.25, 0.3) is 6.08 Å². The summed E-state index contributed by atoms with van der Waals surface area (Å²) in [5, 5.41) is 0.991. The standard InChI is InChI=1S/C10H13BrN2/c1-8-9(4-2-3-7-11)5-6-10(12)13-8/h2,4-6H,3,7H2,1H3,(H2,12,13). The van der Waals surface area contributed by atoms with Gasteiger partial charge >= 0.3 is 0 Å². The molecule has 1 aromatic rings. The van der Waals surface area contributed by atoms with Crippen LogP contribution >= 0.6 is 15.9 Å². The van der Waals surface area contributed by atoms with E-state index in [2.05, 4.69) is 33.1 Å². The first-order chi connectivity index (χ1) is 6.24. The van der Waals surface area contributed by atoms with Crippen molar-refractivity contribution in [1.29, 1.82) is 0 Å². The van der Waals surface area contributed by atoms with Crippen molar-refractivity contribution < 1.29 is 0 Å². The molecule has 0 aliphatic heterocycles. The molecule has 1 rings (SSSR count). The molecule has 0 bridgehead atoms. The summed E-state index contributed by atoms with van der Waals surface area (Å²) >= 11 is 3.37. The van der Waals surface area contributed by atoms with E-state index in [1.165, 1.54) is 0 Å². The maximum atomic E-state index is 5.54. The van der Waals surface area contributed by atoms with Gasteiger partial charge in [-0.2, -0.15) is 0 Å². The average molecular weight is 241 g/mol. The number of hydrogen-bond acceptors (Lipinski definition) is 2. The maximum Gasteiger partial charge on any atom is 0.123 e. The summed E-state index contributed by atoms with van der Waals surface area (Å²) in [5.74, 6) is 0.579. The number of halogens is 1. The number of nitrogen functional groups attached to an aromatic ring is 1. The molecule has 0 unspecified atom stereocenters. The lowest BCUT2D eigenvalue weighted by molar-refractivity contribution is 1.19. The Morgan fingerprint density at radius 1 is 1.54 bits per heavy atom. The Morgan fingerprint density at radius 2 is 2.31 bits per heavy atom. The van der Waals surface area contributed by atoms with Crippen molar-refractivity contribution in [2.75, 3.05) is 11.1 Å². The van der Waals surface area contributed by atoms with Crippen LogP contribution in [0.4, 0.5) is 5.82 Å². The Morgan fingerprint density at radius 3 is 2.92 bits per heavy atom. The van der Waals surface area contributed by atoms with Gasteiger partial charge in [0.1, 0.15) is 5.82 Å². The molecule has 0 amide bonds. The highest BCUT2D eigenvalue weighted by Gasteiger charge is 1.94. The number of rotatable bonds is 3. The Bertz CT molecular complexity index is 308. The van der Waals surface area contributed by atoms with Crippen LogP contribution in [0.15, 0.2) is 18.2 Å². The van der Waals surface area contributed by atoms with Gasteiger partial charge < -0.3 is 5.73 Å². The van der Waals surface area contributed by atoms with E-state index < -0.39 is 0 Å². The van der Waals surface area contributed by atoms with Crippen molar-refractivity contribution in [3.8, 4) is 0 Å². The fourth-order valence-electron chi connectivity index (χ4n) is 1.04. The minimum Gasteiger partial charge on any atom is -0.384 e. The van der Waals surface area contributed by atoms with Gasteiger partial charge in [-0.25, -0.2) is 4.98 Å². The van der Waals surface area contributed by atoms with Crippen LogP contribution in [-0.4, -0.2) is 10.3 Å². The van der Waals surface area contributed by atoms with Crippen molar-refractivity contribution in [3.05, 3.63) is 29.5 Å². The van der Waals surface area contributed by atoms with E-state index in [9.17, 15) is 0 Å². The fraction of sp³-hybridized carbons (Fsp3) is 0.300. The van der Waals surface area contributed by atoms with Crippen LogP contribution in [0.1, 0.15) is 17.7 Å². The zero-order valence-corrected chi connectivity index (χ0v) is 9.21. The van der Waals surface area contributed by atoms with Gasteiger partial charge in [0.25, 0.3) is 0 Å². The first-order valence-electron chi connectivity index (χ1n) is 4.19. The van der Waals surface area contributed by atoms with Crippen LogP contribution in [0, 0.1) is 6.92 Å². The summed E-state index contributed by atoms with van der Waals surface area (Å²) < 4.78 is 0. The molecule has 3 heteroatoms. The molecule has 2 nitrogen and oxygen atoms in total. The lowest BCUT2D eigenvalue weighted by atomic mass is 10.2. The highest BCUT2D eigenvalue weighted by molar-refractivity contribution is 9.09. The van der Waals surface area contributed by atoms with Crippen LogP contribution in [0.3, 0.4) is 0 Å². The smallest absolute Gasteiger partial charge is 0.123 e. The van der Waals surface area contributed by atoms with Gasteiger partial charge in [0.05, 0.1) is 0 Å². The molecule has 0 fully saturated rings. The van der Waals surface area contributed by atoms with Gasteiger partial charge in [0.15, 0.2) is 0 Å². The molecule has 0 spiro atoms. The largest absolute Gasteiger partial charge is 0.384 e. The number of nitrogens with zero attached hydrogens (tertiary/aromatic N) is 1. The average Bonchev–Trinajstić information content (AvgIpc) is 2.09. The van der Waals surface area contributed by atoms with Gasteiger partial charge in [0.2, 0.25) is 0 Å². The summed E-state index contributed by atoms with van der Waals surface area (Å²) in [4.78, 5) is 4.17. The molecule has 0 saturated heterocycles. The number of alkyl halides is 1. The number of pyridine rings is 1. The van der Waals surface area contributed by atoms with Crippen LogP contribution < -0.4 is 5.73 Å². The Hall–Kier alpha value is -0.830. The third-order valence-corrected chi connectivity index (χ3v) is 2.18. The first kappa shape index (κ1) is 10.3. The third-order valence-electron chi connectivity index (χ3n) is 1.72. The summed E-state index contributed by atoms with van der Waals surface area (Å²) in [7, 11) is 0. The molecular formula is C10H13BrN2. The molecule has 0 saturated carbocycles. The summed E-state index contributed by atoms with van der Waals surface area (Å²) in [6.45, 7) is 1.96. The summed E-state index contributed by atoms with van der Waals surface area (Å²) in [6, 6.07) is 3.81. The molecule has 0 aliphatic rings. The molecule has 0 atom stereocenters. The molecule has 13 heavy (non-hydrogen) atoms. The topological polar surface area (TPSA) is 38.9 Å². The number of nitrogens with two attached hydrogens (primary N) is 1. The highest BCUT2D eigenvalue weighted by atomic mass is 79.9. The molecular weight excluding hydrogens is 228 g/mol. The number of anilines is 1. The first-order valence-corrected chi connectivity index (χ1v) is 5.32. The SMILES string of the molecule is Cc1nc(N)ccc1C=CCCBr. The number of hydrogen-bond donors (Lipinski definition) is 1. The lowest BCUT2D eigenvalue weighted by Crippen LogP contribution is -1.93. The van der Waals surface area contributed by atoms with Gasteiger partial charge in [-0.1, -0.05) is 28.1 Å². The molecule has 0 radical (unpaired) electrons. The lowest BCUT2D eigenvalue weighted by Gasteiger charge is -1.99. The molecule has 1 heterocycles. The Labute approximate surface area is 87.0 Å². The van der Waals surface area contributed by atoms with Crippen molar-refractivity contribution in [2.45, 2.75) is 13.3 Å². The molecule has 1 aromatic heterocycles. The second-order valence-electron chi connectivity index (χ2n) is 2.79. The fourth-order valence-corrected chi connectivity index (χ4v) is 1.31. The Balaban J connectivity index is 2.77. The number of allylic oxidation sites excluding steroid dienone is 1. The number of aromatic nitrogens is 1. The van der Waals surface area contributed by atoms with E-state index in [1.54, 1.807) is 0 Å². The van der Waals surface area contributed by atoms with E-state index in [-0.39, 0.29) is 0 Å². The summed E-state index contributed by atoms with van der Waals surface area (Å²) in [6.07, 6.45) is 5.22.